The highest BCUT2D eigenvalue weighted by Gasteiger charge is 2.29. The number of amides is 2. The molecule has 0 aromatic heterocycles. The molecule has 11 heteroatoms. The zero-order valence-electron chi connectivity index (χ0n) is 23.1. The second-order valence-corrected chi connectivity index (χ2v) is 12.1. The Morgan fingerprint density at radius 2 is 1.68 bits per heavy atom. The maximum atomic E-state index is 13.4. The first-order valence-corrected chi connectivity index (χ1v) is 14.9. The van der Waals surface area contributed by atoms with Crippen molar-refractivity contribution in [2.24, 2.45) is 5.92 Å². The third kappa shape index (κ3) is 8.05. The van der Waals surface area contributed by atoms with Crippen molar-refractivity contribution < 1.29 is 22.7 Å². The molecule has 1 aliphatic rings. The fourth-order valence-electron chi connectivity index (χ4n) is 4.54. The molecule has 38 heavy (non-hydrogen) atoms. The topological polar surface area (TPSA) is 102 Å². The molecule has 0 aliphatic carbocycles. The smallest absolute Gasteiger partial charge is 0.256 e. The number of piperazine rings is 1. The Bertz CT molecular complexity index is 1210. The Labute approximate surface area is 226 Å². The van der Waals surface area contributed by atoms with E-state index < -0.39 is 10.0 Å². The van der Waals surface area contributed by atoms with Crippen LogP contribution in [0.2, 0.25) is 0 Å². The summed E-state index contributed by atoms with van der Waals surface area (Å²) in [5.74, 6) is 0.771. The molecule has 1 saturated heterocycles. The summed E-state index contributed by atoms with van der Waals surface area (Å²) in [5.41, 5.74) is 0.659. The van der Waals surface area contributed by atoms with Crippen molar-refractivity contribution >= 4 is 38.3 Å². The van der Waals surface area contributed by atoms with Crippen molar-refractivity contribution in [2.75, 3.05) is 71.1 Å². The first-order valence-electron chi connectivity index (χ1n) is 13.0. The minimum atomic E-state index is -3.27. The maximum Gasteiger partial charge on any atom is 0.256 e. The summed E-state index contributed by atoms with van der Waals surface area (Å²) >= 11 is 0. The van der Waals surface area contributed by atoms with Crippen LogP contribution in [0, 0.1) is 5.92 Å². The van der Waals surface area contributed by atoms with E-state index in [-0.39, 0.29) is 24.9 Å². The summed E-state index contributed by atoms with van der Waals surface area (Å²) in [4.78, 5) is 28.1. The number of sulfonamides is 1. The summed E-state index contributed by atoms with van der Waals surface area (Å²) in [6.45, 7) is 6.29. The van der Waals surface area contributed by atoms with Crippen molar-refractivity contribution in [3.8, 4) is 5.75 Å². The maximum absolute atomic E-state index is 13.4. The molecule has 1 heterocycles. The molecule has 1 fully saturated rings. The number of nitrogens with one attached hydrogen (secondary N) is 1. The van der Waals surface area contributed by atoms with Crippen LogP contribution in [0.3, 0.4) is 0 Å². The minimum absolute atomic E-state index is 0.00217. The highest BCUT2D eigenvalue weighted by Crippen LogP contribution is 2.33. The van der Waals surface area contributed by atoms with E-state index in [1.165, 1.54) is 15.6 Å². The molecule has 2 aromatic rings. The third-order valence-electron chi connectivity index (χ3n) is 6.80. The van der Waals surface area contributed by atoms with E-state index in [1.807, 2.05) is 41.4 Å². The van der Waals surface area contributed by atoms with Crippen LogP contribution in [0.25, 0.3) is 10.8 Å². The molecular formula is C27H41N5O5S. The van der Waals surface area contributed by atoms with Crippen molar-refractivity contribution in [3.63, 3.8) is 0 Å². The fraction of sp³-hybridized carbons (Fsp3) is 0.556. The first-order chi connectivity index (χ1) is 18.0. The number of nitrogens with zero attached hydrogens (tertiary/aromatic N) is 4. The zero-order chi connectivity index (χ0) is 27.9. The van der Waals surface area contributed by atoms with Gasteiger partial charge in [-0.15, -0.1) is 0 Å². The molecule has 0 bridgehead atoms. The van der Waals surface area contributed by atoms with Gasteiger partial charge in [0.1, 0.15) is 5.75 Å². The molecule has 10 nitrogen and oxygen atoms in total. The highest BCUT2D eigenvalue weighted by molar-refractivity contribution is 7.88. The van der Waals surface area contributed by atoms with Gasteiger partial charge in [-0.25, -0.2) is 13.4 Å². The quantitative estimate of drug-likeness (QED) is 0.406. The zero-order valence-corrected chi connectivity index (χ0v) is 24.0. The lowest BCUT2D eigenvalue weighted by Crippen LogP contribution is -2.56. The van der Waals surface area contributed by atoms with E-state index >= 15 is 0 Å². The van der Waals surface area contributed by atoms with E-state index in [4.69, 9.17) is 4.74 Å². The second-order valence-electron chi connectivity index (χ2n) is 10.1. The second kappa shape index (κ2) is 13.3. The normalized spacial score (nSPS) is 15.0. The van der Waals surface area contributed by atoms with Crippen molar-refractivity contribution in [1.29, 1.82) is 0 Å². The molecule has 0 spiro atoms. The number of ether oxygens (including phenoxy) is 1. The number of anilines is 1. The molecule has 1 aliphatic heterocycles. The van der Waals surface area contributed by atoms with Gasteiger partial charge in [-0.1, -0.05) is 38.1 Å². The predicted molar refractivity (Wildman–Crippen MR) is 151 cm³/mol. The molecule has 0 saturated carbocycles. The molecule has 0 atom stereocenters. The number of hydrogen-bond donors (Lipinski definition) is 1. The lowest BCUT2D eigenvalue weighted by molar-refractivity contribution is -0.146. The van der Waals surface area contributed by atoms with Gasteiger partial charge in [0.05, 0.1) is 32.1 Å². The number of hydrazine groups is 1. The lowest BCUT2D eigenvalue weighted by atomic mass is 10.1. The van der Waals surface area contributed by atoms with Gasteiger partial charge in [0.25, 0.3) is 5.91 Å². The molecule has 1 N–H and O–H groups in total. The summed E-state index contributed by atoms with van der Waals surface area (Å²) in [7, 11) is -0.0103. The standard InChI is InChI=1S/C27H41N5O5S/c1-21(2)9-8-12-28-26(33)19-30(24-17-22-10-6-7-11-23(22)18-25(24)37-4)20-27(34)29(3)31-13-15-32(16-14-31)38(5,35)36/h6-7,10-11,17-18,21H,8-9,12-16,19-20H2,1-5H3,(H,28,33). The Morgan fingerprint density at radius 3 is 2.26 bits per heavy atom. The Balaban J connectivity index is 1.78. The molecule has 3 rings (SSSR count). The largest absolute Gasteiger partial charge is 0.495 e. The number of methoxy groups -OCH3 is 1. The van der Waals surface area contributed by atoms with E-state index in [0.717, 1.165) is 23.6 Å². The van der Waals surface area contributed by atoms with Gasteiger partial charge >= 0.3 is 0 Å². The number of carbonyl (C=O) groups excluding carboxylic acids is 2. The lowest BCUT2D eigenvalue weighted by Gasteiger charge is -2.39. The summed E-state index contributed by atoms with van der Waals surface area (Å²) in [6.07, 6.45) is 3.11. The average molecular weight is 548 g/mol. The van der Waals surface area contributed by atoms with Crippen molar-refractivity contribution in [1.82, 2.24) is 19.6 Å². The number of rotatable bonds is 12. The van der Waals surface area contributed by atoms with Gasteiger partial charge in [0.2, 0.25) is 15.9 Å². The van der Waals surface area contributed by atoms with Crippen LogP contribution < -0.4 is 15.0 Å². The monoisotopic (exact) mass is 547 g/mol. The van der Waals surface area contributed by atoms with Gasteiger partial charge in [0, 0.05) is 39.8 Å². The van der Waals surface area contributed by atoms with E-state index in [9.17, 15) is 18.0 Å². The summed E-state index contributed by atoms with van der Waals surface area (Å²) < 4.78 is 30.8. The summed E-state index contributed by atoms with van der Waals surface area (Å²) in [6, 6.07) is 11.7. The molecule has 2 amide bonds. The van der Waals surface area contributed by atoms with Crippen LogP contribution >= 0.6 is 0 Å². The van der Waals surface area contributed by atoms with Gasteiger partial charge in [-0.2, -0.15) is 4.31 Å². The number of benzene rings is 2. The molecule has 210 valence electrons. The molecule has 0 unspecified atom stereocenters. The average Bonchev–Trinajstić information content (AvgIpc) is 2.89. The molecule has 0 radical (unpaired) electrons. The first kappa shape index (κ1) is 29.7. The fourth-order valence-corrected chi connectivity index (χ4v) is 5.37. The van der Waals surface area contributed by atoms with Crippen LogP contribution in [0.1, 0.15) is 26.7 Å². The van der Waals surface area contributed by atoms with Crippen LogP contribution in [-0.4, -0.2) is 101 Å². The Morgan fingerprint density at radius 1 is 1.05 bits per heavy atom. The van der Waals surface area contributed by atoms with Crippen LogP contribution in [0.4, 0.5) is 5.69 Å². The van der Waals surface area contributed by atoms with Crippen molar-refractivity contribution in [2.45, 2.75) is 26.7 Å². The van der Waals surface area contributed by atoms with E-state index in [2.05, 4.69) is 19.2 Å². The van der Waals surface area contributed by atoms with Crippen LogP contribution in [-0.2, 0) is 19.6 Å². The van der Waals surface area contributed by atoms with Crippen LogP contribution in [0.15, 0.2) is 36.4 Å². The summed E-state index contributed by atoms with van der Waals surface area (Å²) in [5, 5.41) is 8.32. The number of likely N-dealkylation sites (N-methyl/N-ethyl adjacent to an activating group) is 1. The molecule has 2 aromatic carbocycles. The van der Waals surface area contributed by atoms with Gasteiger partial charge < -0.3 is 15.0 Å². The van der Waals surface area contributed by atoms with Gasteiger partial charge in [-0.05, 0) is 41.7 Å². The van der Waals surface area contributed by atoms with E-state index in [1.54, 1.807) is 19.1 Å². The SMILES string of the molecule is COc1cc2ccccc2cc1N(CC(=O)NCCCC(C)C)CC(=O)N(C)N1CCN(S(C)(=O)=O)CC1. The highest BCUT2D eigenvalue weighted by atomic mass is 32.2. The number of fused-ring (bicyclic) bond motifs is 1. The van der Waals surface area contributed by atoms with Crippen molar-refractivity contribution in [3.05, 3.63) is 36.4 Å². The predicted octanol–water partition coefficient (Wildman–Crippen LogP) is 2.16. The minimum Gasteiger partial charge on any atom is -0.495 e. The van der Waals surface area contributed by atoms with Gasteiger partial charge in [-0.3, -0.25) is 14.6 Å². The van der Waals surface area contributed by atoms with E-state index in [0.29, 0.717) is 50.1 Å². The third-order valence-corrected chi connectivity index (χ3v) is 8.10. The number of carbonyl (C=O) groups is 2. The van der Waals surface area contributed by atoms with Gasteiger partial charge in [0.15, 0.2) is 0 Å². The Hall–Kier alpha value is -2.89. The molecular weight excluding hydrogens is 506 g/mol. The van der Waals surface area contributed by atoms with Crippen LogP contribution in [0.5, 0.6) is 5.75 Å². The number of hydrogen-bond acceptors (Lipinski definition) is 7. The Kier molecular flexibility index (Phi) is 10.3.